The third kappa shape index (κ3) is 3.30. The van der Waals surface area contributed by atoms with Crippen LogP contribution in [0.3, 0.4) is 0 Å². The number of rotatable bonds is 3. The van der Waals surface area contributed by atoms with Crippen LogP contribution in [0.25, 0.3) is 0 Å². The molecule has 132 valence electrons. The van der Waals surface area contributed by atoms with Crippen molar-refractivity contribution in [2.24, 2.45) is 11.8 Å². The first kappa shape index (κ1) is 16.9. The van der Waals surface area contributed by atoms with E-state index in [1.165, 1.54) is 29.5 Å². The van der Waals surface area contributed by atoms with E-state index in [0.29, 0.717) is 22.4 Å². The molecule has 0 aliphatic heterocycles. The van der Waals surface area contributed by atoms with E-state index in [-0.39, 0.29) is 23.0 Å². The highest BCUT2D eigenvalue weighted by Gasteiger charge is 2.43. The van der Waals surface area contributed by atoms with E-state index in [2.05, 4.69) is 10.3 Å². The molecule has 1 aromatic heterocycles. The van der Waals surface area contributed by atoms with E-state index < -0.39 is 5.82 Å². The molecule has 4 nitrogen and oxygen atoms in total. The largest absolute Gasteiger partial charge is 0.393 e. The van der Waals surface area contributed by atoms with Crippen LogP contribution in [-0.4, -0.2) is 22.1 Å². The van der Waals surface area contributed by atoms with Crippen molar-refractivity contribution < 1.29 is 14.3 Å². The van der Waals surface area contributed by atoms with Gasteiger partial charge in [0.1, 0.15) is 10.7 Å². The maximum Gasteiger partial charge on any atom is 0.267 e. The summed E-state index contributed by atoms with van der Waals surface area (Å²) in [5, 5.41) is 12.5. The SMILES string of the molecule is O=C(Nc1ccc(F)c(Cl)c1)c1scnc1C1CC2CC(O)CC2C1. The van der Waals surface area contributed by atoms with Gasteiger partial charge in [-0.3, -0.25) is 4.79 Å². The number of anilines is 1. The number of carbonyl (C=O) groups is 1. The van der Waals surface area contributed by atoms with Crippen LogP contribution in [0.5, 0.6) is 0 Å². The van der Waals surface area contributed by atoms with Crippen molar-refractivity contribution in [1.82, 2.24) is 4.98 Å². The summed E-state index contributed by atoms with van der Waals surface area (Å²) in [6.45, 7) is 0. The van der Waals surface area contributed by atoms with Crippen molar-refractivity contribution >= 4 is 34.5 Å². The zero-order valence-corrected chi connectivity index (χ0v) is 15.0. The minimum absolute atomic E-state index is 0.0236. The summed E-state index contributed by atoms with van der Waals surface area (Å²) in [5.41, 5.74) is 3.01. The molecule has 1 aromatic carbocycles. The number of nitrogens with one attached hydrogen (secondary N) is 1. The van der Waals surface area contributed by atoms with Gasteiger partial charge < -0.3 is 10.4 Å². The Hall–Kier alpha value is -1.50. The van der Waals surface area contributed by atoms with Crippen molar-refractivity contribution in [3.8, 4) is 0 Å². The molecular weight excluding hydrogens is 363 g/mol. The van der Waals surface area contributed by atoms with Gasteiger partial charge in [-0.15, -0.1) is 11.3 Å². The second-order valence-corrected chi connectivity index (χ2v) is 8.23. The molecular formula is C18H18ClFN2O2S. The lowest BCUT2D eigenvalue weighted by Crippen LogP contribution is -2.14. The maximum atomic E-state index is 13.2. The number of carbonyl (C=O) groups excluding carboxylic acids is 1. The Kier molecular flexibility index (Phi) is 4.52. The van der Waals surface area contributed by atoms with Gasteiger partial charge in [-0.25, -0.2) is 9.37 Å². The van der Waals surface area contributed by atoms with E-state index in [1.807, 2.05) is 0 Å². The van der Waals surface area contributed by atoms with Crippen LogP contribution in [-0.2, 0) is 0 Å². The summed E-state index contributed by atoms with van der Waals surface area (Å²) < 4.78 is 13.2. The molecule has 2 unspecified atom stereocenters. The first-order valence-corrected chi connectivity index (χ1v) is 9.65. The Bertz CT molecular complexity index is 798. The van der Waals surface area contributed by atoms with Crippen molar-refractivity contribution in [2.75, 3.05) is 5.32 Å². The summed E-state index contributed by atoms with van der Waals surface area (Å²) in [7, 11) is 0. The molecule has 2 N–H and O–H groups in total. The van der Waals surface area contributed by atoms with E-state index in [4.69, 9.17) is 11.6 Å². The van der Waals surface area contributed by atoms with Crippen molar-refractivity contribution in [2.45, 2.75) is 37.7 Å². The van der Waals surface area contributed by atoms with Crippen LogP contribution < -0.4 is 5.32 Å². The molecule has 0 radical (unpaired) electrons. The van der Waals surface area contributed by atoms with Crippen LogP contribution >= 0.6 is 22.9 Å². The lowest BCUT2D eigenvalue weighted by molar-refractivity contribution is 0.102. The van der Waals surface area contributed by atoms with Crippen molar-refractivity contribution in [3.63, 3.8) is 0 Å². The molecule has 0 spiro atoms. The second-order valence-electron chi connectivity index (χ2n) is 6.96. The zero-order valence-electron chi connectivity index (χ0n) is 13.4. The molecule has 2 aliphatic carbocycles. The highest BCUT2D eigenvalue weighted by Crippen LogP contribution is 2.51. The maximum absolute atomic E-state index is 13.2. The number of fused-ring (bicyclic) bond motifs is 1. The average molecular weight is 381 g/mol. The molecule has 4 rings (SSSR count). The van der Waals surface area contributed by atoms with Gasteiger partial charge in [0, 0.05) is 11.6 Å². The number of aliphatic hydroxyl groups is 1. The molecule has 2 saturated carbocycles. The molecule has 1 amide bonds. The topological polar surface area (TPSA) is 62.2 Å². The van der Waals surface area contributed by atoms with E-state index in [0.717, 1.165) is 31.4 Å². The summed E-state index contributed by atoms with van der Waals surface area (Å²) >= 11 is 7.09. The van der Waals surface area contributed by atoms with Crippen molar-refractivity contribution in [1.29, 1.82) is 0 Å². The van der Waals surface area contributed by atoms with Gasteiger partial charge in [0.05, 0.1) is 22.3 Å². The molecule has 2 atom stereocenters. The number of nitrogens with zero attached hydrogens (tertiary/aromatic N) is 1. The number of hydrogen-bond donors (Lipinski definition) is 2. The fraction of sp³-hybridized carbons (Fsp3) is 0.444. The fourth-order valence-electron chi connectivity index (χ4n) is 4.29. The summed E-state index contributed by atoms with van der Waals surface area (Å²) in [6, 6.07) is 4.12. The Morgan fingerprint density at radius 3 is 2.68 bits per heavy atom. The number of thiazole rings is 1. The third-order valence-electron chi connectivity index (χ3n) is 5.36. The Morgan fingerprint density at radius 2 is 2.00 bits per heavy atom. The fourth-order valence-corrected chi connectivity index (χ4v) is 5.24. The van der Waals surface area contributed by atoms with Gasteiger partial charge in [0.2, 0.25) is 0 Å². The van der Waals surface area contributed by atoms with E-state index in [9.17, 15) is 14.3 Å². The van der Waals surface area contributed by atoms with Gasteiger partial charge in [-0.1, -0.05) is 11.6 Å². The van der Waals surface area contributed by atoms with Gasteiger partial charge in [-0.05, 0) is 55.7 Å². The van der Waals surface area contributed by atoms with Crippen LogP contribution in [0, 0.1) is 17.7 Å². The predicted octanol–water partition coefficient (Wildman–Crippen LogP) is 4.45. The summed E-state index contributed by atoms with van der Waals surface area (Å²) in [6.07, 6.45) is 3.52. The highest BCUT2D eigenvalue weighted by atomic mass is 35.5. The molecule has 25 heavy (non-hydrogen) atoms. The summed E-state index contributed by atoms with van der Waals surface area (Å²) in [4.78, 5) is 17.7. The first-order chi connectivity index (χ1) is 12.0. The lowest BCUT2D eigenvalue weighted by atomic mass is 9.98. The van der Waals surface area contributed by atoms with Crippen LogP contribution in [0.4, 0.5) is 10.1 Å². The number of halogens is 2. The quantitative estimate of drug-likeness (QED) is 0.826. The molecule has 7 heteroatoms. The minimum atomic E-state index is -0.516. The second kappa shape index (κ2) is 6.67. The lowest BCUT2D eigenvalue weighted by Gasteiger charge is -2.12. The van der Waals surface area contributed by atoms with E-state index >= 15 is 0 Å². The van der Waals surface area contributed by atoms with Gasteiger partial charge >= 0.3 is 0 Å². The van der Waals surface area contributed by atoms with Crippen LogP contribution in [0.2, 0.25) is 5.02 Å². The normalized spacial score (nSPS) is 28.1. The first-order valence-electron chi connectivity index (χ1n) is 8.39. The minimum Gasteiger partial charge on any atom is -0.393 e. The van der Waals surface area contributed by atoms with Gasteiger partial charge in [0.25, 0.3) is 5.91 Å². The standard InChI is InChI=1S/C18H18ClFN2O2S/c19-14-7-12(1-2-15(14)20)22-18(24)17-16(21-8-25-17)11-3-9-5-13(23)6-10(9)4-11/h1-2,7-11,13,23H,3-6H2,(H,22,24). The number of benzene rings is 1. The van der Waals surface area contributed by atoms with E-state index in [1.54, 1.807) is 5.51 Å². The number of aromatic nitrogens is 1. The summed E-state index contributed by atoms with van der Waals surface area (Å²) in [5.74, 6) is 0.587. The highest BCUT2D eigenvalue weighted by molar-refractivity contribution is 7.12. The zero-order chi connectivity index (χ0) is 17.6. The molecule has 2 aromatic rings. The third-order valence-corrected chi connectivity index (χ3v) is 6.49. The van der Waals surface area contributed by atoms with Crippen LogP contribution in [0.15, 0.2) is 23.7 Å². The smallest absolute Gasteiger partial charge is 0.267 e. The Balaban J connectivity index is 1.49. The predicted molar refractivity (Wildman–Crippen MR) is 95.7 cm³/mol. The average Bonchev–Trinajstić information content (AvgIpc) is 3.24. The number of hydrogen-bond acceptors (Lipinski definition) is 4. The number of aliphatic hydroxyl groups excluding tert-OH is 1. The molecule has 0 bridgehead atoms. The Labute approximate surface area is 154 Å². The number of amides is 1. The molecule has 0 saturated heterocycles. The Morgan fingerprint density at radius 1 is 1.28 bits per heavy atom. The monoisotopic (exact) mass is 380 g/mol. The van der Waals surface area contributed by atoms with Crippen LogP contribution in [0.1, 0.15) is 47.0 Å². The van der Waals surface area contributed by atoms with Gasteiger partial charge in [-0.2, -0.15) is 0 Å². The molecule has 2 fully saturated rings. The molecule has 2 aliphatic rings. The van der Waals surface area contributed by atoms with Gasteiger partial charge in [0.15, 0.2) is 0 Å². The molecule has 1 heterocycles. The van der Waals surface area contributed by atoms with Crippen molar-refractivity contribution in [3.05, 3.63) is 45.1 Å².